The van der Waals surface area contributed by atoms with Crippen LogP contribution >= 0.6 is 0 Å². The van der Waals surface area contributed by atoms with Crippen molar-refractivity contribution in [2.24, 2.45) is 4.99 Å². The fraction of sp³-hybridized carbons (Fsp3) is 0.800. The minimum Gasteiger partial charge on any atom is -0.356 e. The van der Waals surface area contributed by atoms with Crippen molar-refractivity contribution in [2.75, 3.05) is 26.2 Å². The average molecular weight is 212 g/mol. The van der Waals surface area contributed by atoms with Gasteiger partial charge in [0.2, 0.25) is 5.91 Å². The summed E-state index contributed by atoms with van der Waals surface area (Å²) in [5.74, 6) is 0.922. The summed E-state index contributed by atoms with van der Waals surface area (Å²) in [6, 6.07) is 0. The molecular formula is C10H20N4O. The van der Waals surface area contributed by atoms with Gasteiger partial charge in [-0.1, -0.05) is 6.92 Å². The van der Waals surface area contributed by atoms with E-state index in [1.54, 1.807) is 0 Å². The number of nitrogens with zero attached hydrogens (tertiary/aromatic N) is 1. The second kappa shape index (κ2) is 7.09. The first-order valence-electron chi connectivity index (χ1n) is 5.62. The van der Waals surface area contributed by atoms with E-state index >= 15 is 0 Å². The van der Waals surface area contributed by atoms with Crippen LogP contribution in [-0.2, 0) is 4.79 Å². The van der Waals surface area contributed by atoms with Gasteiger partial charge in [0.05, 0.1) is 0 Å². The Balaban J connectivity index is 2.04. The number of carbonyl (C=O) groups is 1. The van der Waals surface area contributed by atoms with Crippen molar-refractivity contribution in [1.82, 2.24) is 16.0 Å². The third-order valence-corrected chi connectivity index (χ3v) is 2.11. The number of guanidine groups is 1. The largest absolute Gasteiger partial charge is 0.356 e. The Kier molecular flexibility index (Phi) is 5.58. The Hall–Kier alpha value is -1.26. The van der Waals surface area contributed by atoms with E-state index in [9.17, 15) is 4.79 Å². The highest BCUT2D eigenvalue weighted by Crippen LogP contribution is 1.87. The normalized spacial score (nSPS) is 15.1. The van der Waals surface area contributed by atoms with Crippen molar-refractivity contribution >= 4 is 11.9 Å². The number of aliphatic imine (C=N–C) groups is 1. The van der Waals surface area contributed by atoms with Crippen LogP contribution in [0, 0.1) is 0 Å². The summed E-state index contributed by atoms with van der Waals surface area (Å²) >= 11 is 0. The molecule has 0 spiro atoms. The lowest BCUT2D eigenvalue weighted by Gasteiger charge is -2.15. The average Bonchev–Trinajstić information content (AvgIpc) is 2.28. The van der Waals surface area contributed by atoms with Crippen molar-refractivity contribution in [2.45, 2.75) is 26.2 Å². The molecule has 0 unspecified atom stereocenters. The maximum atomic E-state index is 11.2. The Morgan fingerprint density at radius 3 is 3.07 bits per heavy atom. The van der Waals surface area contributed by atoms with E-state index in [-0.39, 0.29) is 5.91 Å². The second-order valence-electron chi connectivity index (χ2n) is 3.54. The second-order valence-corrected chi connectivity index (χ2v) is 3.54. The van der Waals surface area contributed by atoms with Gasteiger partial charge >= 0.3 is 0 Å². The van der Waals surface area contributed by atoms with Gasteiger partial charge in [-0.3, -0.25) is 9.79 Å². The number of nitrogens with one attached hydrogen (secondary N) is 3. The molecular weight excluding hydrogens is 192 g/mol. The first-order valence-corrected chi connectivity index (χ1v) is 5.62. The summed E-state index contributed by atoms with van der Waals surface area (Å²) in [7, 11) is 0. The molecule has 86 valence electrons. The molecule has 0 saturated carbocycles. The van der Waals surface area contributed by atoms with Gasteiger partial charge in [0.25, 0.3) is 0 Å². The van der Waals surface area contributed by atoms with E-state index in [2.05, 4.69) is 20.9 Å². The molecule has 0 aromatic heterocycles. The molecule has 0 fully saturated rings. The summed E-state index contributed by atoms with van der Waals surface area (Å²) in [5, 5.41) is 9.08. The molecule has 3 N–H and O–H groups in total. The predicted molar refractivity (Wildman–Crippen MR) is 60.8 cm³/mol. The molecule has 0 aromatic rings. The molecule has 0 aromatic carbocycles. The number of rotatable bonds is 5. The smallest absolute Gasteiger partial charge is 0.221 e. The van der Waals surface area contributed by atoms with Gasteiger partial charge in [-0.05, 0) is 12.8 Å². The molecule has 1 aliphatic heterocycles. The molecule has 0 saturated heterocycles. The predicted octanol–water partition coefficient (Wildman–Crippen LogP) is -0.158. The van der Waals surface area contributed by atoms with Crippen LogP contribution in [-0.4, -0.2) is 38.0 Å². The molecule has 0 bridgehead atoms. The summed E-state index contributed by atoms with van der Waals surface area (Å²) < 4.78 is 0. The van der Waals surface area contributed by atoms with E-state index in [0.717, 1.165) is 38.4 Å². The molecule has 0 radical (unpaired) electrons. The highest BCUT2D eigenvalue weighted by Gasteiger charge is 2.04. The minimum atomic E-state index is 0.0979. The highest BCUT2D eigenvalue weighted by molar-refractivity contribution is 5.81. The van der Waals surface area contributed by atoms with Crippen LogP contribution in [0.25, 0.3) is 0 Å². The first kappa shape index (κ1) is 11.8. The standard InChI is InChI=1S/C10H20N4O/c1-2-5-11-9(15)4-8-14-10-12-6-3-7-13-10/h2-8H2,1H3,(H,11,15)(H2,12,13,14). The fourth-order valence-electron chi connectivity index (χ4n) is 1.30. The lowest BCUT2D eigenvalue weighted by atomic mass is 10.3. The van der Waals surface area contributed by atoms with Gasteiger partial charge in [0.1, 0.15) is 0 Å². The summed E-state index contributed by atoms with van der Waals surface area (Å²) in [5.41, 5.74) is 0. The molecule has 1 rings (SSSR count). The van der Waals surface area contributed by atoms with Crippen LogP contribution in [0.5, 0.6) is 0 Å². The number of hydrogen-bond donors (Lipinski definition) is 3. The number of amides is 1. The topological polar surface area (TPSA) is 65.5 Å². The molecule has 5 heteroatoms. The molecule has 1 amide bonds. The monoisotopic (exact) mass is 212 g/mol. The molecule has 5 nitrogen and oxygen atoms in total. The molecule has 0 atom stereocenters. The Bertz CT molecular complexity index is 227. The Morgan fingerprint density at radius 2 is 2.40 bits per heavy atom. The zero-order valence-electron chi connectivity index (χ0n) is 9.31. The van der Waals surface area contributed by atoms with Gasteiger partial charge in [0, 0.05) is 32.6 Å². The first-order chi connectivity index (χ1) is 7.33. The zero-order chi connectivity index (χ0) is 10.9. The van der Waals surface area contributed by atoms with Gasteiger partial charge in [-0.15, -0.1) is 0 Å². The van der Waals surface area contributed by atoms with Gasteiger partial charge in [-0.2, -0.15) is 0 Å². The van der Waals surface area contributed by atoms with Crippen LogP contribution in [0.3, 0.4) is 0 Å². The summed E-state index contributed by atoms with van der Waals surface area (Å²) in [6.45, 7) is 5.28. The third-order valence-electron chi connectivity index (χ3n) is 2.11. The van der Waals surface area contributed by atoms with Crippen LogP contribution < -0.4 is 16.0 Å². The minimum absolute atomic E-state index is 0.0979. The molecule has 1 aliphatic rings. The zero-order valence-corrected chi connectivity index (χ0v) is 9.31. The van der Waals surface area contributed by atoms with Crippen LogP contribution in [0.4, 0.5) is 0 Å². The SMILES string of the molecule is CCCNC(=O)CCNC1=NCCCN1. The summed E-state index contributed by atoms with van der Waals surface area (Å²) in [4.78, 5) is 15.5. The highest BCUT2D eigenvalue weighted by atomic mass is 16.1. The lowest BCUT2D eigenvalue weighted by Crippen LogP contribution is -2.42. The van der Waals surface area contributed by atoms with Crippen LogP contribution in [0.2, 0.25) is 0 Å². The van der Waals surface area contributed by atoms with Crippen molar-refractivity contribution in [3.63, 3.8) is 0 Å². The lowest BCUT2D eigenvalue weighted by molar-refractivity contribution is -0.120. The molecule has 0 aliphatic carbocycles. The van der Waals surface area contributed by atoms with E-state index in [4.69, 9.17) is 0 Å². The molecule has 1 heterocycles. The summed E-state index contributed by atoms with van der Waals surface area (Å²) in [6.07, 6.45) is 2.57. The molecule has 15 heavy (non-hydrogen) atoms. The van der Waals surface area contributed by atoms with E-state index < -0.39 is 0 Å². The van der Waals surface area contributed by atoms with Gasteiger partial charge < -0.3 is 16.0 Å². The van der Waals surface area contributed by atoms with Crippen molar-refractivity contribution < 1.29 is 4.79 Å². The van der Waals surface area contributed by atoms with Crippen molar-refractivity contribution in [3.05, 3.63) is 0 Å². The van der Waals surface area contributed by atoms with Crippen LogP contribution in [0.15, 0.2) is 4.99 Å². The van der Waals surface area contributed by atoms with E-state index in [1.165, 1.54) is 0 Å². The van der Waals surface area contributed by atoms with Crippen molar-refractivity contribution in [1.29, 1.82) is 0 Å². The van der Waals surface area contributed by atoms with E-state index in [1.807, 2.05) is 6.92 Å². The Morgan fingerprint density at radius 1 is 1.53 bits per heavy atom. The number of hydrogen-bond acceptors (Lipinski definition) is 4. The van der Waals surface area contributed by atoms with Gasteiger partial charge in [0.15, 0.2) is 5.96 Å². The Labute approximate surface area is 90.7 Å². The number of carbonyl (C=O) groups excluding carboxylic acids is 1. The van der Waals surface area contributed by atoms with E-state index in [0.29, 0.717) is 13.0 Å². The van der Waals surface area contributed by atoms with Crippen LogP contribution in [0.1, 0.15) is 26.2 Å². The maximum Gasteiger partial charge on any atom is 0.221 e. The van der Waals surface area contributed by atoms with Gasteiger partial charge in [-0.25, -0.2) is 0 Å². The quantitative estimate of drug-likeness (QED) is 0.593. The third kappa shape index (κ3) is 5.24. The van der Waals surface area contributed by atoms with Crippen molar-refractivity contribution in [3.8, 4) is 0 Å². The maximum absolute atomic E-state index is 11.2. The fourth-order valence-corrected chi connectivity index (χ4v) is 1.30.